The molecule has 5 rings (SSSR count). The molecule has 194 valence electrons. The molecule has 39 heavy (non-hydrogen) atoms. The first kappa shape index (κ1) is 25.9. The molecule has 0 aromatic heterocycles. The van der Waals surface area contributed by atoms with E-state index in [1.807, 2.05) is 55.4 Å². The van der Waals surface area contributed by atoms with E-state index in [-0.39, 0.29) is 17.1 Å². The van der Waals surface area contributed by atoms with Crippen molar-refractivity contribution >= 4 is 29.4 Å². The van der Waals surface area contributed by atoms with Gasteiger partial charge in [-0.15, -0.1) is 0 Å². The number of carbonyl (C=O) groups excluding carboxylic acids is 2. The summed E-state index contributed by atoms with van der Waals surface area (Å²) in [5, 5.41) is 0. The summed E-state index contributed by atoms with van der Waals surface area (Å²) in [5.74, 6) is 1.05. The van der Waals surface area contributed by atoms with E-state index in [1.165, 1.54) is 5.56 Å². The van der Waals surface area contributed by atoms with E-state index in [0.717, 1.165) is 16.8 Å². The Labute approximate surface area is 229 Å². The van der Waals surface area contributed by atoms with Crippen LogP contribution in [0.15, 0.2) is 120 Å². The lowest BCUT2D eigenvalue weighted by Crippen LogP contribution is -2.08. The minimum Gasteiger partial charge on any atom is -0.457 e. The van der Waals surface area contributed by atoms with Gasteiger partial charge in [0, 0.05) is 30.9 Å². The molecule has 0 saturated heterocycles. The molecule has 0 unspecified atom stereocenters. The van der Waals surface area contributed by atoms with Crippen molar-refractivity contribution < 1.29 is 14.3 Å². The number of anilines is 1. The molecule has 0 spiro atoms. The normalized spacial score (nSPS) is 15.2. The van der Waals surface area contributed by atoms with Crippen molar-refractivity contribution in [2.24, 2.45) is 0 Å². The van der Waals surface area contributed by atoms with Crippen molar-refractivity contribution in [3.8, 4) is 0 Å². The maximum atomic E-state index is 13.2. The second kappa shape index (κ2) is 11.0. The maximum absolute atomic E-state index is 13.2. The summed E-state index contributed by atoms with van der Waals surface area (Å²) in [6, 6.07) is 23.5. The number of carbonyl (C=O) groups is 2. The van der Waals surface area contributed by atoms with Crippen LogP contribution in [0.2, 0.25) is 0 Å². The van der Waals surface area contributed by atoms with Crippen molar-refractivity contribution in [3.05, 3.63) is 148 Å². The highest BCUT2D eigenvalue weighted by Crippen LogP contribution is 2.33. The lowest BCUT2D eigenvalue weighted by Gasteiger charge is -2.15. The Bertz CT molecular complexity index is 1460. The Balaban J connectivity index is 1.50. The third kappa shape index (κ3) is 5.60. The van der Waals surface area contributed by atoms with Gasteiger partial charge in [-0.3, -0.25) is 9.59 Å². The Morgan fingerprint density at radius 1 is 0.667 bits per heavy atom. The molecule has 0 radical (unpaired) electrons. The molecule has 0 fully saturated rings. The van der Waals surface area contributed by atoms with Gasteiger partial charge in [0.2, 0.25) is 0 Å². The van der Waals surface area contributed by atoms with Gasteiger partial charge in [-0.2, -0.15) is 0 Å². The SMILES string of the molecule is CC(C)c1ccc(C=CC2=CC(=C3C(=O)c4ccccc4C3=O)C=C(C=Cc3ccc(N(C)C)cc3)O2)cc1. The molecule has 4 nitrogen and oxygen atoms in total. The smallest absolute Gasteiger partial charge is 0.198 e. The number of nitrogens with zero attached hydrogens (tertiary/aromatic N) is 1. The second-order valence-electron chi connectivity index (χ2n) is 10.2. The topological polar surface area (TPSA) is 46.6 Å². The molecule has 0 N–H and O–H groups in total. The van der Waals surface area contributed by atoms with E-state index in [4.69, 9.17) is 4.74 Å². The first-order valence-electron chi connectivity index (χ1n) is 13.1. The molecule has 0 bridgehead atoms. The molecule has 0 atom stereocenters. The number of ether oxygens (including phenoxy) is 1. The molecular weight excluding hydrogens is 482 g/mol. The Hall–Kier alpha value is -4.70. The third-order valence-corrected chi connectivity index (χ3v) is 6.88. The van der Waals surface area contributed by atoms with E-state index in [1.54, 1.807) is 36.4 Å². The second-order valence-corrected chi connectivity index (χ2v) is 10.2. The fraction of sp³-hybridized carbons (Fsp3) is 0.143. The van der Waals surface area contributed by atoms with Crippen LogP contribution in [-0.2, 0) is 4.74 Å². The number of Topliss-reactive ketones (excluding diaryl/α,β-unsaturated/α-hetero) is 2. The van der Waals surface area contributed by atoms with Crippen LogP contribution in [0.3, 0.4) is 0 Å². The molecule has 0 amide bonds. The summed E-state index contributed by atoms with van der Waals surface area (Å²) in [5.41, 5.74) is 6.04. The molecule has 1 heterocycles. The zero-order valence-corrected chi connectivity index (χ0v) is 22.6. The van der Waals surface area contributed by atoms with E-state index in [9.17, 15) is 9.59 Å². The average Bonchev–Trinajstić information content (AvgIpc) is 3.20. The summed E-state index contributed by atoms with van der Waals surface area (Å²) in [6.07, 6.45) is 11.2. The van der Waals surface area contributed by atoms with Gasteiger partial charge in [0.1, 0.15) is 11.5 Å². The first-order valence-corrected chi connectivity index (χ1v) is 13.1. The van der Waals surface area contributed by atoms with Crippen molar-refractivity contribution in [3.63, 3.8) is 0 Å². The third-order valence-electron chi connectivity index (χ3n) is 6.88. The fourth-order valence-corrected chi connectivity index (χ4v) is 4.60. The van der Waals surface area contributed by atoms with E-state index in [2.05, 4.69) is 50.2 Å². The Kier molecular flexibility index (Phi) is 7.29. The zero-order valence-electron chi connectivity index (χ0n) is 22.6. The number of fused-ring (bicyclic) bond motifs is 1. The largest absolute Gasteiger partial charge is 0.457 e. The number of rotatable bonds is 6. The minimum absolute atomic E-state index is 0.174. The van der Waals surface area contributed by atoms with E-state index < -0.39 is 0 Å². The summed E-state index contributed by atoms with van der Waals surface area (Å²) < 4.78 is 6.17. The van der Waals surface area contributed by atoms with Gasteiger partial charge in [0.25, 0.3) is 0 Å². The average molecular weight is 514 g/mol. The molecule has 0 saturated carbocycles. The summed E-state index contributed by atoms with van der Waals surface area (Å²) in [4.78, 5) is 28.5. The highest BCUT2D eigenvalue weighted by Gasteiger charge is 2.35. The van der Waals surface area contributed by atoms with E-state index >= 15 is 0 Å². The van der Waals surface area contributed by atoms with Crippen LogP contribution < -0.4 is 4.90 Å². The molecule has 1 aliphatic heterocycles. The highest BCUT2D eigenvalue weighted by atomic mass is 16.5. The van der Waals surface area contributed by atoms with Crippen LogP contribution in [0.1, 0.15) is 57.2 Å². The standard InChI is InChI=1S/C35H31NO3/c1-23(2)26-15-9-24(10-16-26)13-19-29-21-27(33-34(37)31-7-5-6-8-32(31)35(33)38)22-30(39-29)20-14-25-11-17-28(18-12-25)36(3)4/h5-23H,1-4H3. The minimum atomic E-state index is -0.254. The fourth-order valence-electron chi connectivity index (χ4n) is 4.60. The molecule has 3 aromatic carbocycles. The number of allylic oxidation sites excluding steroid dienone is 6. The maximum Gasteiger partial charge on any atom is 0.198 e. The zero-order chi connectivity index (χ0) is 27.5. The van der Waals surface area contributed by atoms with Crippen LogP contribution in [-0.4, -0.2) is 25.7 Å². The van der Waals surface area contributed by atoms with Gasteiger partial charge >= 0.3 is 0 Å². The summed E-state index contributed by atoms with van der Waals surface area (Å²) in [6.45, 7) is 4.34. The van der Waals surface area contributed by atoms with Gasteiger partial charge < -0.3 is 9.64 Å². The molecule has 4 heteroatoms. The van der Waals surface area contributed by atoms with Gasteiger partial charge in [0.15, 0.2) is 11.6 Å². The van der Waals surface area contributed by atoms with Crippen LogP contribution in [0.5, 0.6) is 0 Å². The summed E-state index contributed by atoms with van der Waals surface area (Å²) >= 11 is 0. The number of hydrogen-bond acceptors (Lipinski definition) is 4. The molecular formula is C35H31NO3. The number of benzene rings is 3. The molecule has 3 aromatic rings. The lowest BCUT2D eigenvalue weighted by atomic mass is 9.99. The van der Waals surface area contributed by atoms with Crippen LogP contribution in [0, 0.1) is 0 Å². The Morgan fingerprint density at radius 2 is 1.15 bits per heavy atom. The molecule has 2 aliphatic rings. The van der Waals surface area contributed by atoms with Crippen molar-refractivity contribution in [1.82, 2.24) is 0 Å². The quantitative estimate of drug-likeness (QED) is 0.249. The van der Waals surface area contributed by atoms with Crippen LogP contribution in [0.25, 0.3) is 12.2 Å². The first-order chi connectivity index (χ1) is 18.8. The van der Waals surface area contributed by atoms with Crippen LogP contribution >= 0.6 is 0 Å². The Morgan fingerprint density at radius 3 is 1.62 bits per heavy atom. The van der Waals surface area contributed by atoms with E-state index in [0.29, 0.717) is 34.1 Å². The summed E-state index contributed by atoms with van der Waals surface area (Å²) in [7, 11) is 4.01. The van der Waals surface area contributed by atoms with Crippen LogP contribution in [0.4, 0.5) is 5.69 Å². The van der Waals surface area contributed by atoms with Crippen molar-refractivity contribution in [2.45, 2.75) is 19.8 Å². The lowest BCUT2D eigenvalue weighted by molar-refractivity contribution is 0.0988. The van der Waals surface area contributed by atoms with Gasteiger partial charge in [-0.25, -0.2) is 0 Å². The van der Waals surface area contributed by atoms with Crippen molar-refractivity contribution in [2.75, 3.05) is 19.0 Å². The predicted octanol–water partition coefficient (Wildman–Crippen LogP) is 7.78. The van der Waals surface area contributed by atoms with Gasteiger partial charge in [-0.05, 0) is 64.6 Å². The number of ketones is 2. The predicted molar refractivity (Wildman–Crippen MR) is 159 cm³/mol. The molecule has 1 aliphatic carbocycles. The number of hydrogen-bond donors (Lipinski definition) is 0. The monoisotopic (exact) mass is 513 g/mol. The van der Waals surface area contributed by atoms with Gasteiger partial charge in [-0.1, -0.05) is 86.7 Å². The van der Waals surface area contributed by atoms with Gasteiger partial charge in [0.05, 0.1) is 5.57 Å². The highest BCUT2D eigenvalue weighted by molar-refractivity contribution is 6.40. The van der Waals surface area contributed by atoms with Crippen molar-refractivity contribution in [1.29, 1.82) is 0 Å².